The fourth-order valence-corrected chi connectivity index (χ4v) is 2.92. The summed E-state index contributed by atoms with van der Waals surface area (Å²) in [4.78, 5) is 0.197. The quantitative estimate of drug-likeness (QED) is 0.877. The molecule has 0 spiro atoms. The van der Waals surface area contributed by atoms with Crippen LogP contribution in [0.25, 0.3) is 0 Å². The molecule has 0 amide bonds. The predicted octanol–water partition coefficient (Wildman–Crippen LogP) is 1.63. The van der Waals surface area contributed by atoms with Crippen LogP contribution in [0, 0.1) is 0 Å². The number of anilines is 1. The molecule has 0 fully saturated rings. The summed E-state index contributed by atoms with van der Waals surface area (Å²) in [6.07, 6.45) is 3.80. The number of hydrogen-bond donors (Lipinski definition) is 2. The zero-order valence-corrected chi connectivity index (χ0v) is 12.3. The minimum absolute atomic E-state index is 0.163. The molecule has 2 aromatic rings. The molecule has 20 heavy (non-hydrogen) atoms. The Hall–Kier alpha value is -1.86. The lowest BCUT2D eigenvalue weighted by atomic mass is 10.1. The summed E-state index contributed by atoms with van der Waals surface area (Å²) >= 11 is 0. The molecule has 1 atom stereocenters. The van der Waals surface area contributed by atoms with E-state index in [0.717, 1.165) is 12.0 Å². The van der Waals surface area contributed by atoms with Gasteiger partial charge in [-0.1, -0.05) is 19.1 Å². The van der Waals surface area contributed by atoms with E-state index in [4.69, 9.17) is 5.73 Å². The van der Waals surface area contributed by atoms with Gasteiger partial charge in [-0.05, 0) is 24.1 Å². The van der Waals surface area contributed by atoms with Crippen LogP contribution in [-0.4, -0.2) is 18.2 Å². The largest absolute Gasteiger partial charge is 0.324 e. The molecule has 0 aliphatic heterocycles. The number of hydrogen-bond acceptors (Lipinski definition) is 4. The van der Waals surface area contributed by atoms with Crippen molar-refractivity contribution in [1.29, 1.82) is 0 Å². The molecule has 0 aliphatic carbocycles. The molecule has 0 radical (unpaired) electrons. The van der Waals surface area contributed by atoms with Gasteiger partial charge in [0.25, 0.3) is 10.0 Å². The number of nitrogens with two attached hydrogens (primary N) is 1. The Bertz CT molecular complexity index is 694. The molecule has 1 aromatic carbocycles. The zero-order chi connectivity index (χ0) is 14.8. The molecule has 1 unspecified atom stereocenters. The number of aromatic nitrogens is 2. The van der Waals surface area contributed by atoms with Crippen molar-refractivity contribution in [2.45, 2.75) is 24.3 Å². The van der Waals surface area contributed by atoms with E-state index in [1.165, 1.54) is 10.9 Å². The maximum atomic E-state index is 12.3. The Kier molecular flexibility index (Phi) is 4.10. The third kappa shape index (κ3) is 3.17. The molecule has 2 rings (SSSR count). The van der Waals surface area contributed by atoms with E-state index >= 15 is 0 Å². The summed E-state index contributed by atoms with van der Waals surface area (Å²) in [7, 11) is -1.90. The average Bonchev–Trinajstić information content (AvgIpc) is 2.82. The first-order chi connectivity index (χ1) is 9.42. The average molecular weight is 294 g/mol. The molecular formula is C13H18N4O2S. The first-order valence-corrected chi connectivity index (χ1v) is 7.77. The van der Waals surface area contributed by atoms with Crippen LogP contribution in [0.3, 0.4) is 0 Å². The van der Waals surface area contributed by atoms with Crippen LogP contribution in [0.5, 0.6) is 0 Å². The summed E-state index contributed by atoms with van der Waals surface area (Å²) in [5.74, 6) is 0. The highest BCUT2D eigenvalue weighted by molar-refractivity contribution is 7.92. The Morgan fingerprint density at radius 3 is 2.80 bits per heavy atom. The van der Waals surface area contributed by atoms with Gasteiger partial charge in [-0.2, -0.15) is 5.10 Å². The van der Waals surface area contributed by atoms with Gasteiger partial charge in [0.1, 0.15) is 0 Å². The van der Waals surface area contributed by atoms with Gasteiger partial charge in [0.05, 0.1) is 16.8 Å². The molecule has 6 nitrogen and oxygen atoms in total. The molecule has 0 bridgehead atoms. The molecule has 0 saturated carbocycles. The summed E-state index contributed by atoms with van der Waals surface area (Å²) in [6.45, 7) is 1.96. The summed E-state index contributed by atoms with van der Waals surface area (Å²) < 4.78 is 28.6. The summed E-state index contributed by atoms with van der Waals surface area (Å²) in [6, 6.07) is 6.51. The van der Waals surface area contributed by atoms with Crippen molar-refractivity contribution in [3.8, 4) is 0 Å². The minimum atomic E-state index is -3.62. The maximum Gasteiger partial charge on any atom is 0.262 e. The molecular weight excluding hydrogens is 276 g/mol. The number of nitrogens with one attached hydrogen (secondary N) is 1. The third-order valence-corrected chi connectivity index (χ3v) is 4.37. The van der Waals surface area contributed by atoms with Gasteiger partial charge >= 0.3 is 0 Å². The third-order valence-electron chi connectivity index (χ3n) is 2.99. The summed E-state index contributed by atoms with van der Waals surface area (Å²) in [5.41, 5.74) is 7.17. The molecule has 108 valence electrons. The van der Waals surface area contributed by atoms with Crippen LogP contribution in [0.15, 0.2) is 41.6 Å². The first kappa shape index (κ1) is 14.5. The van der Waals surface area contributed by atoms with Crippen molar-refractivity contribution in [1.82, 2.24) is 9.78 Å². The van der Waals surface area contributed by atoms with Crippen molar-refractivity contribution in [3.05, 3.63) is 42.2 Å². The summed E-state index contributed by atoms with van der Waals surface area (Å²) in [5, 5.41) is 3.92. The molecule has 7 heteroatoms. The van der Waals surface area contributed by atoms with Crippen LogP contribution < -0.4 is 10.5 Å². The van der Waals surface area contributed by atoms with Crippen molar-refractivity contribution >= 4 is 15.7 Å². The molecule has 1 aromatic heterocycles. The van der Waals surface area contributed by atoms with Crippen LogP contribution in [-0.2, 0) is 17.1 Å². The van der Waals surface area contributed by atoms with E-state index in [9.17, 15) is 8.42 Å². The normalized spacial score (nSPS) is 13.2. The highest BCUT2D eigenvalue weighted by Crippen LogP contribution is 2.20. The second-order valence-electron chi connectivity index (χ2n) is 4.60. The highest BCUT2D eigenvalue weighted by Gasteiger charge is 2.16. The smallest absolute Gasteiger partial charge is 0.262 e. The first-order valence-electron chi connectivity index (χ1n) is 6.29. The lowest BCUT2D eigenvalue weighted by Crippen LogP contribution is -2.14. The number of sulfonamides is 1. The van der Waals surface area contributed by atoms with Crippen molar-refractivity contribution in [2.75, 3.05) is 4.72 Å². The number of benzene rings is 1. The standard InChI is InChI=1S/C13H18N4O2S/c1-3-13(14)10-5-4-6-12(7-10)20(18,19)16-11-8-15-17(2)9-11/h4-9,13,16H,3,14H2,1-2H3. The van der Waals surface area contributed by atoms with E-state index in [1.807, 2.05) is 13.0 Å². The van der Waals surface area contributed by atoms with Crippen LogP contribution >= 0.6 is 0 Å². The molecule has 3 N–H and O–H groups in total. The number of rotatable bonds is 5. The van der Waals surface area contributed by atoms with Gasteiger partial charge in [0, 0.05) is 19.3 Å². The van der Waals surface area contributed by atoms with Crippen molar-refractivity contribution in [2.24, 2.45) is 12.8 Å². The number of aryl methyl sites for hydroxylation is 1. The predicted molar refractivity (Wildman–Crippen MR) is 77.7 cm³/mol. The van der Waals surface area contributed by atoms with Gasteiger partial charge in [0.15, 0.2) is 0 Å². The minimum Gasteiger partial charge on any atom is -0.324 e. The zero-order valence-electron chi connectivity index (χ0n) is 11.4. The second kappa shape index (κ2) is 5.64. The van der Waals surface area contributed by atoms with Gasteiger partial charge in [-0.15, -0.1) is 0 Å². The molecule has 0 saturated heterocycles. The van der Waals surface area contributed by atoms with Crippen LogP contribution in [0.4, 0.5) is 5.69 Å². The van der Waals surface area contributed by atoms with Gasteiger partial charge in [-0.3, -0.25) is 9.40 Å². The van der Waals surface area contributed by atoms with E-state index in [0.29, 0.717) is 5.69 Å². The van der Waals surface area contributed by atoms with Crippen LogP contribution in [0.2, 0.25) is 0 Å². The lowest BCUT2D eigenvalue weighted by molar-refractivity contribution is 0.600. The highest BCUT2D eigenvalue weighted by atomic mass is 32.2. The second-order valence-corrected chi connectivity index (χ2v) is 6.28. The monoisotopic (exact) mass is 294 g/mol. The fraction of sp³-hybridized carbons (Fsp3) is 0.308. The Morgan fingerprint density at radius 2 is 2.20 bits per heavy atom. The Labute approximate surface area is 118 Å². The molecule has 1 heterocycles. The van der Waals surface area contributed by atoms with E-state index < -0.39 is 10.0 Å². The number of nitrogens with zero attached hydrogens (tertiary/aromatic N) is 2. The molecule has 0 aliphatic rings. The Morgan fingerprint density at radius 1 is 1.45 bits per heavy atom. The van der Waals surface area contributed by atoms with Crippen molar-refractivity contribution < 1.29 is 8.42 Å². The van der Waals surface area contributed by atoms with Crippen LogP contribution in [0.1, 0.15) is 24.9 Å². The van der Waals surface area contributed by atoms with E-state index in [-0.39, 0.29) is 10.9 Å². The Balaban J connectivity index is 2.29. The SMILES string of the molecule is CCC(N)c1cccc(S(=O)(=O)Nc2cnn(C)c2)c1. The topological polar surface area (TPSA) is 90.0 Å². The maximum absolute atomic E-state index is 12.3. The van der Waals surface area contributed by atoms with Gasteiger partial charge in [0.2, 0.25) is 0 Å². The van der Waals surface area contributed by atoms with E-state index in [1.54, 1.807) is 31.4 Å². The lowest BCUT2D eigenvalue weighted by Gasteiger charge is -2.11. The fourth-order valence-electron chi connectivity index (χ4n) is 1.84. The van der Waals surface area contributed by atoms with Gasteiger partial charge < -0.3 is 5.73 Å². The van der Waals surface area contributed by atoms with Crippen molar-refractivity contribution in [3.63, 3.8) is 0 Å². The van der Waals surface area contributed by atoms with E-state index in [2.05, 4.69) is 9.82 Å². The van der Waals surface area contributed by atoms with Gasteiger partial charge in [-0.25, -0.2) is 8.42 Å².